The lowest BCUT2D eigenvalue weighted by Crippen LogP contribution is -2.24. The van der Waals surface area contributed by atoms with Crippen LogP contribution in [0.2, 0.25) is 0 Å². The Balaban J connectivity index is 1.83. The summed E-state index contributed by atoms with van der Waals surface area (Å²) in [5, 5.41) is 3.70. The number of hydrazone groups is 1. The van der Waals surface area contributed by atoms with Gasteiger partial charge in [0.1, 0.15) is 11.6 Å². The molecule has 0 bridgehead atoms. The molecular weight excluding hydrogens is 283 g/mol. The summed E-state index contributed by atoms with van der Waals surface area (Å²) >= 11 is 0. The smallest absolute Gasteiger partial charge is 0.277 e. The van der Waals surface area contributed by atoms with Crippen LogP contribution in [0.3, 0.4) is 0 Å². The van der Waals surface area contributed by atoms with Crippen LogP contribution in [-0.4, -0.2) is 18.7 Å². The largest absolute Gasteiger partial charge is 0.484 e. The van der Waals surface area contributed by atoms with Crippen molar-refractivity contribution in [2.45, 2.75) is 13.8 Å². The van der Waals surface area contributed by atoms with E-state index >= 15 is 0 Å². The van der Waals surface area contributed by atoms with Gasteiger partial charge in [-0.2, -0.15) is 5.10 Å². The molecule has 0 aliphatic heterocycles. The highest BCUT2D eigenvalue weighted by Crippen LogP contribution is 2.16. The van der Waals surface area contributed by atoms with Crippen LogP contribution < -0.4 is 10.2 Å². The number of carbonyl (C=O) groups excluding carboxylic acids is 1. The predicted molar refractivity (Wildman–Crippen MR) is 83.5 cm³/mol. The fourth-order valence-electron chi connectivity index (χ4n) is 1.74. The topological polar surface area (TPSA) is 50.7 Å². The fraction of sp³-hybridized carbons (Fsp3) is 0.176. The van der Waals surface area contributed by atoms with Crippen LogP contribution in [0.4, 0.5) is 4.39 Å². The number of amides is 1. The van der Waals surface area contributed by atoms with E-state index in [1.807, 2.05) is 26.0 Å². The van der Waals surface area contributed by atoms with Crippen LogP contribution in [0.1, 0.15) is 16.7 Å². The van der Waals surface area contributed by atoms with Crippen molar-refractivity contribution in [1.29, 1.82) is 0 Å². The molecule has 0 aliphatic carbocycles. The van der Waals surface area contributed by atoms with E-state index in [9.17, 15) is 9.18 Å². The lowest BCUT2D eigenvalue weighted by Gasteiger charge is -2.07. The number of nitrogens with one attached hydrogen (secondary N) is 1. The Labute approximate surface area is 128 Å². The number of carbonyl (C=O) groups is 1. The van der Waals surface area contributed by atoms with Gasteiger partial charge in [-0.15, -0.1) is 0 Å². The highest BCUT2D eigenvalue weighted by molar-refractivity contribution is 5.83. The molecule has 0 fully saturated rings. The van der Waals surface area contributed by atoms with Crippen molar-refractivity contribution in [1.82, 2.24) is 5.43 Å². The highest BCUT2D eigenvalue weighted by Gasteiger charge is 2.03. The Morgan fingerprint density at radius 3 is 2.73 bits per heavy atom. The van der Waals surface area contributed by atoms with Crippen molar-refractivity contribution in [2.24, 2.45) is 5.10 Å². The average molecular weight is 300 g/mol. The first-order chi connectivity index (χ1) is 10.6. The van der Waals surface area contributed by atoms with E-state index in [2.05, 4.69) is 10.5 Å². The summed E-state index contributed by atoms with van der Waals surface area (Å²) in [6.45, 7) is 3.82. The summed E-state index contributed by atoms with van der Waals surface area (Å²) < 4.78 is 18.7. The third-order valence-corrected chi connectivity index (χ3v) is 3.15. The highest BCUT2D eigenvalue weighted by atomic mass is 19.1. The van der Waals surface area contributed by atoms with Gasteiger partial charge < -0.3 is 4.74 Å². The van der Waals surface area contributed by atoms with E-state index in [1.54, 1.807) is 24.3 Å². The Hall–Kier alpha value is -2.69. The monoisotopic (exact) mass is 300 g/mol. The summed E-state index contributed by atoms with van der Waals surface area (Å²) in [5.74, 6) is -0.186. The molecule has 0 atom stereocenters. The summed E-state index contributed by atoms with van der Waals surface area (Å²) in [6, 6.07) is 11.8. The zero-order chi connectivity index (χ0) is 15.9. The number of ether oxygens (including phenoxy) is 1. The summed E-state index contributed by atoms with van der Waals surface area (Å²) in [4.78, 5) is 11.6. The molecule has 4 nitrogen and oxygen atoms in total. The van der Waals surface area contributed by atoms with E-state index in [-0.39, 0.29) is 6.61 Å². The van der Waals surface area contributed by atoms with Crippen LogP contribution in [0.5, 0.6) is 5.75 Å². The lowest BCUT2D eigenvalue weighted by molar-refractivity contribution is -0.123. The number of nitrogens with zero attached hydrogens (tertiary/aromatic N) is 1. The third-order valence-electron chi connectivity index (χ3n) is 3.15. The maximum Gasteiger partial charge on any atom is 0.277 e. The number of rotatable bonds is 5. The molecule has 114 valence electrons. The lowest BCUT2D eigenvalue weighted by atomic mass is 10.1. The number of hydrogen-bond acceptors (Lipinski definition) is 3. The van der Waals surface area contributed by atoms with Crippen molar-refractivity contribution < 1.29 is 13.9 Å². The fourth-order valence-corrected chi connectivity index (χ4v) is 1.74. The van der Waals surface area contributed by atoms with E-state index in [0.29, 0.717) is 11.3 Å². The van der Waals surface area contributed by atoms with Gasteiger partial charge in [-0.1, -0.05) is 24.3 Å². The van der Waals surface area contributed by atoms with Crippen molar-refractivity contribution in [3.8, 4) is 5.75 Å². The molecule has 0 saturated carbocycles. The van der Waals surface area contributed by atoms with E-state index in [1.165, 1.54) is 12.3 Å². The Bertz CT molecular complexity index is 699. The molecule has 2 aromatic rings. The molecule has 2 aromatic carbocycles. The second-order valence-corrected chi connectivity index (χ2v) is 4.85. The molecule has 1 amide bonds. The van der Waals surface area contributed by atoms with Gasteiger partial charge in [-0.3, -0.25) is 4.79 Å². The van der Waals surface area contributed by atoms with Gasteiger partial charge in [0, 0.05) is 5.56 Å². The molecule has 0 heterocycles. The maximum atomic E-state index is 13.3. The zero-order valence-corrected chi connectivity index (χ0v) is 12.5. The standard InChI is InChI=1S/C17H17FN2O2/c1-12-7-8-15(9-13(12)2)22-11-17(21)20-19-10-14-5-3-4-6-16(14)18/h3-10H,11H2,1-2H3,(H,20,21)/b19-10-. The van der Waals surface area contributed by atoms with Crippen molar-refractivity contribution in [2.75, 3.05) is 6.61 Å². The first-order valence-corrected chi connectivity index (χ1v) is 6.83. The normalized spacial score (nSPS) is 10.7. The van der Waals surface area contributed by atoms with Gasteiger partial charge in [0.25, 0.3) is 5.91 Å². The number of hydrogen-bond donors (Lipinski definition) is 1. The van der Waals surface area contributed by atoms with Crippen molar-refractivity contribution in [3.05, 3.63) is 65.0 Å². The van der Waals surface area contributed by atoms with Gasteiger partial charge >= 0.3 is 0 Å². The molecule has 0 unspecified atom stereocenters. The first kappa shape index (κ1) is 15.7. The minimum Gasteiger partial charge on any atom is -0.484 e. The molecule has 1 N–H and O–H groups in total. The molecule has 0 aromatic heterocycles. The summed E-state index contributed by atoms with van der Waals surface area (Å²) in [7, 11) is 0. The van der Waals surface area contributed by atoms with Gasteiger partial charge in [0.05, 0.1) is 6.21 Å². The first-order valence-electron chi connectivity index (χ1n) is 6.83. The number of aryl methyl sites for hydroxylation is 2. The van der Waals surface area contributed by atoms with Crippen LogP contribution in [0.15, 0.2) is 47.6 Å². The van der Waals surface area contributed by atoms with Crippen LogP contribution in [0.25, 0.3) is 0 Å². The van der Waals surface area contributed by atoms with Gasteiger partial charge in [0.2, 0.25) is 0 Å². The molecule has 0 aliphatic rings. The van der Waals surface area contributed by atoms with Gasteiger partial charge in [0.15, 0.2) is 6.61 Å². The summed E-state index contributed by atoms with van der Waals surface area (Å²) in [6.07, 6.45) is 1.25. The third kappa shape index (κ3) is 4.41. The predicted octanol–water partition coefficient (Wildman–Crippen LogP) is 2.97. The zero-order valence-electron chi connectivity index (χ0n) is 12.5. The molecule has 22 heavy (non-hydrogen) atoms. The number of halogens is 1. The van der Waals surface area contributed by atoms with Crippen molar-refractivity contribution in [3.63, 3.8) is 0 Å². The maximum absolute atomic E-state index is 13.3. The Morgan fingerprint density at radius 1 is 1.23 bits per heavy atom. The Kier molecular flexibility index (Phi) is 5.25. The van der Waals surface area contributed by atoms with E-state index in [4.69, 9.17) is 4.74 Å². The quantitative estimate of drug-likeness (QED) is 0.682. The van der Waals surface area contributed by atoms with Crippen LogP contribution in [-0.2, 0) is 4.79 Å². The molecule has 0 saturated heterocycles. The molecular formula is C17H17FN2O2. The van der Waals surface area contributed by atoms with Crippen LogP contribution in [0, 0.1) is 19.7 Å². The number of benzene rings is 2. The SMILES string of the molecule is Cc1ccc(OCC(=O)N/N=C\c2ccccc2F)cc1C. The van der Waals surface area contributed by atoms with Gasteiger partial charge in [-0.25, -0.2) is 9.82 Å². The van der Waals surface area contributed by atoms with Crippen molar-refractivity contribution >= 4 is 12.1 Å². The second-order valence-electron chi connectivity index (χ2n) is 4.85. The average Bonchev–Trinajstić information content (AvgIpc) is 2.50. The molecule has 0 spiro atoms. The van der Waals surface area contributed by atoms with E-state index < -0.39 is 11.7 Å². The van der Waals surface area contributed by atoms with E-state index in [0.717, 1.165) is 11.1 Å². The minimum atomic E-state index is -0.411. The molecule has 2 rings (SSSR count). The molecule has 5 heteroatoms. The Morgan fingerprint density at radius 2 is 2.00 bits per heavy atom. The minimum absolute atomic E-state index is 0.156. The molecule has 0 radical (unpaired) electrons. The van der Waals surface area contributed by atoms with Crippen LogP contribution >= 0.6 is 0 Å². The van der Waals surface area contributed by atoms with Gasteiger partial charge in [-0.05, 0) is 43.2 Å². The summed E-state index contributed by atoms with van der Waals surface area (Å²) in [5.41, 5.74) is 4.85. The second kappa shape index (κ2) is 7.36.